The van der Waals surface area contributed by atoms with Crippen LogP contribution >= 0.6 is 0 Å². The molecule has 7 nitrogen and oxygen atoms in total. The number of fused-ring (bicyclic) bond motifs is 1. The Morgan fingerprint density at radius 2 is 2.13 bits per heavy atom. The fraction of sp³-hybridized carbons (Fsp3) is 0.417. The van der Waals surface area contributed by atoms with Gasteiger partial charge < -0.3 is 15.0 Å². The van der Waals surface area contributed by atoms with Crippen LogP contribution in [0.25, 0.3) is 0 Å². The van der Waals surface area contributed by atoms with Gasteiger partial charge in [-0.1, -0.05) is 19.9 Å². The first kappa shape index (κ1) is 22.6. The largest absolute Gasteiger partial charge is 0.496 e. The van der Waals surface area contributed by atoms with E-state index in [1.807, 2.05) is 30.5 Å². The van der Waals surface area contributed by atoms with Gasteiger partial charge in [0.25, 0.3) is 5.91 Å². The molecule has 1 aliphatic rings. The molecule has 3 rings (SSSR count). The molecule has 0 spiro atoms. The van der Waals surface area contributed by atoms with Crippen LogP contribution in [0, 0.1) is 5.92 Å². The van der Waals surface area contributed by atoms with E-state index in [1.54, 1.807) is 19.4 Å². The zero-order valence-corrected chi connectivity index (χ0v) is 18.8. The molecule has 0 radical (unpaired) electrons. The lowest BCUT2D eigenvalue weighted by Crippen LogP contribution is -2.27. The van der Waals surface area contributed by atoms with Crippen molar-refractivity contribution in [2.45, 2.75) is 39.7 Å². The van der Waals surface area contributed by atoms with E-state index in [0.717, 1.165) is 37.9 Å². The van der Waals surface area contributed by atoms with Crippen molar-refractivity contribution < 1.29 is 9.53 Å². The molecule has 0 fully saturated rings. The molecule has 1 N–H and O–H groups in total. The molecule has 0 unspecified atom stereocenters. The lowest BCUT2D eigenvalue weighted by Gasteiger charge is -2.26. The van der Waals surface area contributed by atoms with Gasteiger partial charge in [-0.15, -0.1) is 0 Å². The van der Waals surface area contributed by atoms with Crippen LogP contribution in [0.5, 0.6) is 5.75 Å². The number of benzene rings is 1. The minimum Gasteiger partial charge on any atom is -0.496 e. The summed E-state index contributed by atoms with van der Waals surface area (Å²) in [5.74, 6) is 1.43. The van der Waals surface area contributed by atoms with E-state index in [2.05, 4.69) is 46.3 Å². The molecule has 1 aromatic heterocycles. The number of rotatable bonds is 8. The number of hydrogen-bond acceptors (Lipinski definition) is 6. The third-order valence-corrected chi connectivity index (χ3v) is 5.19. The second kappa shape index (κ2) is 10.8. The molecule has 1 aromatic carbocycles. The lowest BCUT2D eigenvalue weighted by molar-refractivity contribution is 0.102. The average molecular weight is 422 g/mol. The summed E-state index contributed by atoms with van der Waals surface area (Å²) >= 11 is 0. The molecule has 0 saturated heterocycles. The van der Waals surface area contributed by atoms with Crippen LogP contribution in [0.4, 0.5) is 5.82 Å². The van der Waals surface area contributed by atoms with Gasteiger partial charge in [0.2, 0.25) is 0 Å². The molecule has 164 valence electrons. The highest BCUT2D eigenvalue weighted by Gasteiger charge is 2.20. The minimum absolute atomic E-state index is 0.249. The fourth-order valence-electron chi connectivity index (χ4n) is 3.46. The summed E-state index contributed by atoms with van der Waals surface area (Å²) in [6.07, 6.45) is 6.32. The van der Waals surface area contributed by atoms with E-state index in [1.165, 1.54) is 5.56 Å². The highest BCUT2D eigenvalue weighted by molar-refractivity contribution is 6.06. The predicted octanol–water partition coefficient (Wildman–Crippen LogP) is 4.17. The molecular formula is C24H31N5O2. The quantitative estimate of drug-likeness (QED) is 0.512. The van der Waals surface area contributed by atoms with E-state index < -0.39 is 0 Å². The molecule has 2 heterocycles. The van der Waals surface area contributed by atoms with E-state index in [0.29, 0.717) is 28.7 Å². The number of aromatic nitrogens is 1. The van der Waals surface area contributed by atoms with Gasteiger partial charge >= 0.3 is 0 Å². The Kier molecular flexibility index (Phi) is 7.89. The number of methoxy groups -OCH3 is 1. The van der Waals surface area contributed by atoms with Crippen molar-refractivity contribution in [1.29, 1.82) is 0 Å². The molecule has 7 heteroatoms. The third kappa shape index (κ3) is 6.46. The smallest absolute Gasteiger partial charge is 0.260 e. The number of carbonyl (C=O) groups is 1. The highest BCUT2D eigenvalue weighted by atomic mass is 16.5. The van der Waals surface area contributed by atoms with Crippen molar-refractivity contribution in [2.75, 3.05) is 26.0 Å². The third-order valence-electron chi connectivity index (χ3n) is 5.19. The standard InChI is InChI=1S/C24H31N5O2/c1-17(2)7-6-11-25-26-15-20-8-5-9-23(27-20)28-24(30)21-13-19-16-29(3)12-10-18(19)14-22(21)31-4/h5,8-9,11,13-15,17H,6-7,10,12,16H2,1-4H3,(H,27,28,30)/b25-11+,26-15+. The molecule has 0 aliphatic carbocycles. The number of amides is 1. The van der Waals surface area contributed by atoms with Crippen molar-refractivity contribution in [3.05, 3.63) is 52.7 Å². The first-order valence-corrected chi connectivity index (χ1v) is 10.7. The normalized spacial score (nSPS) is 14.4. The first-order valence-electron chi connectivity index (χ1n) is 10.7. The van der Waals surface area contributed by atoms with Crippen molar-refractivity contribution in [2.24, 2.45) is 16.1 Å². The Morgan fingerprint density at radius 1 is 1.29 bits per heavy atom. The molecule has 1 aliphatic heterocycles. The van der Waals surface area contributed by atoms with Crippen LogP contribution in [0.1, 0.15) is 53.9 Å². The van der Waals surface area contributed by atoms with Crippen LogP contribution in [-0.2, 0) is 13.0 Å². The molecule has 1 amide bonds. The van der Waals surface area contributed by atoms with Gasteiger partial charge in [-0.25, -0.2) is 4.98 Å². The zero-order valence-electron chi connectivity index (χ0n) is 18.8. The molecule has 0 saturated carbocycles. The van der Waals surface area contributed by atoms with Crippen LogP contribution in [0.15, 0.2) is 40.5 Å². The summed E-state index contributed by atoms with van der Waals surface area (Å²) in [4.78, 5) is 19.6. The monoisotopic (exact) mass is 421 g/mol. The number of anilines is 1. The van der Waals surface area contributed by atoms with Crippen molar-refractivity contribution in [3.63, 3.8) is 0 Å². The van der Waals surface area contributed by atoms with Crippen LogP contribution in [0.2, 0.25) is 0 Å². The van der Waals surface area contributed by atoms with E-state index in [-0.39, 0.29) is 5.91 Å². The number of carbonyl (C=O) groups excluding carboxylic acids is 1. The molecule has 0 atom stereocenters. The highest BCUT2D eigenvalue weighted by Crippen LogP contribution is 2.28. The van der Waals surface area contributed by atoms with Crippen LogP contribution < -0.4 is 10.1 Å². The molecular weight excluding hydrogens is 390 g/mol. The number of hydrogen-bond donors (Lipinski definition) is 1. The summed E-state index contributed by atoms with van der Waals surface area (Å²) in [6.45, 7) is 6.18. The summed E-state index contributed by atoms with van der Waals surface area (Å²) in [7, 11) is 3.67. The Balaban J connectivity index is 1.69. The maximum absolute atomic E-state index is 13.0. The van der Waals surface area contributed by atoms with Gasteiger partial charge in [-0.05, 0) is 67.6 Å². The topological polar surface area (TPSA) is 79.2 Å². The Labute approximate surface area is 184 Å². The summed E-state index contributed by atoms with van der Waals surface area (Å²) in [6, 6.07) is 9.30. The minimum atomic E-state index is -0.249. The maximum atomic E-state index is 13.0. The van der Waals surface area contributed by atoms with Gasteiger partial charge in [-0.3, -0.25) is 4.79 Å². The summed E-state index contributed by atoms with van der Waals surface area (Å²) in [5, 5.41) is 11.0. The van der Waals surface area contributed by atoms with Gasteiger partial charge in [-0.2, -0.15) is 10.2 Å². The van der Waals surface area contributed by atoms with E-state index in [4.69, 9.17) is 4.74 Å². The number of pyridine rings is 1. The summed E-state index contributed by atoms with van der Waals surface area (Å²) in [5.41, 5.74) is 3.52. The molecule has 0 bridgehead atoms. The first-order chi connectivity index (χ1) is 15.0. The van der Waals surface area contributed by atoms with E-state index >= 15 is 0 Å². The Bertz CT molecular complexity index is 968. The van der Waals surface area contributed by atoms with Gasteiger partial charge in [0.1, 0.15) is 11.6 Å². The molecule has 2 aromatic rings. The number of likely N-dealkylation sites (N-methyl/N-ethyl adjacent to an activating group) is 1. The fourth-order valence-corrected chi connectivity index (χ4v) is 3.46. The van der Waals surface area contributed by atoms with Crippen LogP contribution in [0.3, 0.4) is 0 Å². The lowest BCUT2D eigenvalue weighted by atomic mass is 9.96. The Morgan fingerprint density at radius 3 is 2.90 bits per heavy atom. The van der Waals surface area contributed by atoms with Crippen molar-refractivity contribution in [1.82, 2.24) is 9.88 Å². The van der Waals surface area contributed by atoms with Crippen LogP contribution in [-0.4, -0.2) is 48.9 Å². The van der Waals surface area contributed by atoms with E-state index in [9.17, 15) is 4.79 Å². The second-order valence-electron chi connectivity index (χ2n) is 8.22. The van der Waals surface area contributed by atoms with Gasteiger partial charge in [0.15, 0.2) is 0 Å². The second-order valence-corrected chi connectivity index (χ2v) is 8.22. The predicted molar refractivity (Wildman–Crippen MR) is 125 cm³/mol. The zero-order chi connectivity index (χ0) is 22.2. The van der Waals surface area contributed by atoms with Gasteiger partial charge in [0, 0.05) is 19.3 Å². The van der Waals surface area contributed by atoms with Crippen molar-refractivity contribution >= 4 is 24.2 Å². The SMILES string of the molecule is COc1cc2c(cc1C(=O)Nc1cccc(/C=N/N=C/CCC(C)C)n1)CN(C)CC2. The molecule has 31 heavy (non-hydrogen) atoms. The Hall–Kier alpha value is -3.06. The van der Waals surface area contributed by atoms with Crippen molar-refractivity contribution in [3.8, 4) is 5.75 Å². The number of nitrogens with one attached hydrogen (secondary N) is 1. The maximum Gasteiger partial charge on any atom is 0.260 e. The number of nitrogens with zero attached hydrogens (tertiary/aromatic N) is 4. The average Bonchev–Trinajstić information content (AvgIpc) is 2.75. The van der Waals surface area contributed by atoms with Gasteiger partial charge in [0.05, 0.1) is 24.6 Å². The number of ether oxygens (including phenoxy) is 1. The summed E-state index contributed by atoms with van der Waals surface area (Å²) < 4.78 is 5.49.